The predicted molar refractivity (Wildman–Crippen MR) is 74.0 cm³/mol. The van der Waals surface area contributed by atoms with Crippen molar-refractivity contribution < 1.29 is 10.0 Å². The number of nitro groups is 1. The van der Waals surface area contributed by atoms with Crippen molar-refractivity contribution in [3.05, 3.63) is 28.3 Å². The summed E-state index contributed by atoms with van der Waals surface area (Å²) in [5.41, 5.74) is 6.55. The van der Waals surface area contributed by atoms with Gasteiger partial charge >= 0.3 is 0 Å². The molecule has 1 saturated carbocycles. The number of aliphatic hydroxyl groups is 1. The second-order valence-electron chi connectivity index (χ2n) is 5.09. The van der Waals surface area contributed by atoms with Crippen LogP contribution in [-0.2, 0) is 0 Å². The van der Waals surface area contributed by atoms with Crippen LogP contribution in [0.4, 0.5) is 17.1 Å². The number of rotatable bonds is 4. The highest BCUT2D eigenvalue weighted by Gasteiger charge is 2.19. The highest BCUT2D eigenvalue weighted by Crippen LogP contribution is 2.27. The Labute approximate surface area is 111 Å². The summed E-state index contributed by atoms with van der Waals surface area (Å²) in [5.74, 6) is 0.541. The van der Waals surface area contributed by atoms with E-state index in [-0.39, 0.29) is 17.5 Å². The molecule has 0 atom stereocenters. The molecule has 0 spiro atoms. The van der Waals surface area contributed by atoms with E-state index in [0.717, 1.165) is 37.9 Å². The summed E-state index contributed by atoms with van der Waals surface area (Å²) in [4.78, 5) is 10.2. The van der Waals surface area contributed by atoms with Gasteiger partial charge in [-0.25, -0.2) is 0 Å². The summed E-state index contributed by atoms with van der Waals surface area (Å²) < 4.78 is 0. The summed E-state index contributed by atoms with van der Waals surface area (Å²) in [6.45, 7) is 0.809. The molecule has 0 bridgehead atoms. The predicted octanol–water partition coefficient (Wildman–Crippen LogP) is 2.14. The van der Waals surface area contributed by atoms with Crippen molar-refractivity contribution in [1.82, 2.24) is 0 Å². The molecular formula is C13H19N3O3. The molecule has 0 amide bonds. The van der Waals surface area contributed by atoms with Gasteiger partial charge in [0.15, 0.2) is 0 Å². The van der Waals surface area contributed by atoms with Crippen LogP contribution in [0.15, 0.2) is 18.2 Å². The third-order valence-electron chi connectivity index (χ3n) is 3.64. The zero-order valence-electron chi connectivity index (χ0n) is 10.7. The van der Waals surface area contributed by atoms with Gasteiger partial charge in [0.1, 0.15) is 5.69 Å². The lowest BCUT2D eigenvalue weighted by molar-refractivity contribution is -0.383. The van der Waals surface area contributed by atoms with Gasteiger partial charge in [0.2, 0.25) is 0 Å². The Morgan fingerprint density at radius 1 is 1.37 bits per heavy atom. The van der Waals surface area contributed by atoms with Crippen LogP contribution in [0.3, 0.4) is 0 Å². The first kappa shape index (κ1) is 13.6. The maximum atomic E-state index is 10.7. The monoisotopic (exact) mass is 265 g/mol. The summed E-state index contributed by atoms with van der Waals surface area (Å²) in [7, 11) is 0. The molecule has 0 heterocycles. The Kier molecular flexibility index (Phi) is 4.21. The summed E-state index contributed by atoms with van der Waals surface area (Å²) in [6, 6.07) is 4.68. The van der Waals surface area contributed by atoms with E-state index in [2.05, 4.69) is 5.32 Å². The van der Waals surface area contributed by atoms with Crippen molar-refractivity contribution in [2.24, 2.45) is 5.92 Å². The topological polar surface area (TPSA) is 101 Å². The fraction of sp³-hybridized carbons (Fsp3) is 0.538. The van der Waals surface area contributed by atoms with Gasteiger partial charge in [-0.05, 0) is 43.7 Å². The number of hydrogen-bond donors (Lipinski definition) is 3. The first-order chi connectivity index (χ1) is 9.06. The summed E-state index contributed by atoms with van der Waals surface area (Å²) in [5, 5.41) is 23.3. The molecule has 1 fully saturated rings. The Bertz CT molecular complexity index is 456. The SMILES string of the molecule is Nc1cc(NCC2CCC(O)CC2)ccc1[N+](=O)[O-]. The largest absolute Gasteiger partial charge is 0.393 e. The molecule has 104 valence electrons. The van der Waals surface area contributed by atoms with E-state index in [4.69, 9.17) is 5.73 Å². The Morgan fingerprint density at radius 2 is 2.05 bits per heavy atom. The second kappa shape index (κ2) is 5.88. The standard InChI is InChI=1S/C13H19N3O3/c14-12-7-10(3-6-13(12)16(18)19)15-8-9-1-4-11(17)5-2-9/h3,6-7,9,11,15,17H,1-2,4-5,8,14H2. The number of nitrogens with one attached hydrogen (secondary N) is 1. The number of anilines is 2. The number of hydrogen-bond acceptors (Lipinski definition) is 5. The molecule has 1 aliphatic rings. The molecule has 19 heavy (non-hydrogen) atoms. The molecular weight excluding hydrogens is 246 g/mol. The van der Waals surface area contributed by atoms with Crippen LogP contribution in [0.2, 0.25) is 0 Å². The van der Waals surface area contributed by atoms with E-state index in [1.165, 1.54) is 6.07 Å². The number of aliphatic hydroxyl groups excluding tert-OH is 1. The maximum absolute atomic E-state index is 10.7. The Morgan fingerprint density at radius 3 is 2.63 bits per heavy atom. The molecule has 2 rings (SSSR count). The third-order valence-corrected chi connectivity index (χ3v) is 3.64. The lowest BCUT2D eigenvalue weighted by Gasteiger charge is -2.25. The van der Waals surface area contributed by atoms with Crippen LogP contribution in [0, 0.1) is 16.0 Å². The van der Waals surface area contributed by atoms with Crippen LogP contribution in [0.25, 0.3) is 0 Å². The first-order valence-corrected chi connectivity index (χ1v) is 6.52. The van der Waals surface area contributed by atoms with Gasteiger partial charge in [0, 0.05) is 18.3 Å². The van der Waals surface area contributed by atoms with E-state index >= 15 is 0 Å². The molecule has 0 aromatic heterocycles. The van der Waals surface area contributed by atoms with Crippen molar-refractivity contribution >= 4 is 17.1 Å². The molecule has 4 N–H and O–H groups in total. The second-order valence-corrected chi connectivity index (χ2v) is 5.09. The lowest BCUT2D eigenvalue weighted by Crippen LogP contribution is -2.23. The van der Waals surface area contributed by atoms with Crippen molar-refractivity contribution in [2.45, 2.75) is 31.8 Å². The molecule has 0 radical (unpaired) electrons. The molecule has 6 nitrogen and oxygen atoms in total. The Hall–Kier alpha value is -1.82. The zero-order chi connectivity index (χ0) is 13.8. The smallest absolute Gasteiger partial charge is 0.292 e. The van der Waals surface area contributed by atoms with Crippen molar-refractivity contribution in [1.29, 1.82) is 0 Å². The van der Waals surface area contributed by atoms with E-state index in [9.17, 15) is 15.2 Å². The fourth-order valence-corrected chi connectivity index (χ4v) is 2.44. The normalized spacial score (nSPS) is 23.0. The third kappa shape index (κ3) is 3.57. The summed E-state index contributed by atoms with van der Waals surface area (Å²) >= 11 is 0. The molecule has 6 heteroatoms. The molecule has 1 aromatic rings. The minimum absolute atomic E-state index is 0.0636. The quantitative estimate of drug-likeness (QED) is 0.440. The van der Waals surface area contributed by atoms with Crippen molar-refractivity contribution in [2.75, 3.05) is 17.6 Å². The van der Waals surface area contributed by atoms with Crippen LogP contribution < -0.4 is 11.1 Å². The zero-order valence-corrected chi connectivity index (χ0v) is 10.7. The molecule has 1 aliphatic carbocycles. The van der Waals surface area contributed by atoms with Gasteiger partial charge in [0.25, 0.3) is 5.69 Å². The van der Waals surface area contributed by atoms with Crippen LogP contribution in [-0.4, -0.2) is 22.7 Å². The van der Waals surface area contributed by atoms with Gasteiger partial charge in [-0.3, -0.25) is 10.1 Å². The van der Waals surface area contributed by atoms with Crippen molar-refractivity contribution in [3.8, 4) is 0 Å². The number of nitrogen functional groups attached to an aromatic ring is 1. The average Bonchev–Trinajstić information content (AvgIpc) is 2.37. The highest BCUT2D eigenvalue weighted by atomic mass is 16.6. The van der Waals surface area contributed by atoms with E-state index in [1.807, 2.05) is 0 Å². The van der Waals surface area contributed by atoms with Gasteiger partial charge < -0.3 is 16.2 Å². The number of benzene rings is 1. The minimum atomic E-state index is -0.484. The van der Waals surface area contributed by atoms with Crippen molar-refractivity contribution in [3.63, 3.8) is 0 Å². The molecule has 0 unspecified atom stereocenters. The average molecular weight is 265 g/mol. The fourth-order valence-electron chi connectivity index (χ4n) is 2.44. The first-order valence-electron chi connectivity index (χ1n) is 6.52. The molecule has 0 aliphatic heterocycles. The van der Waals surface area contributed by atoms with Gasteiger partial charge in [-0.15, -0.1) is 0 Å². The number of nitro benzene ring substituents is 1. The summed E-state index contributed by atoms with van der Waals surface area (Å²) in [6.07, 6.45) is 3.59. The van der Waals surface area contributed by atoms with Gasteiger partial charge in [-0.2, -0.15) is 0 Å². The minimum Gasteiger partial charge on any atom is -0.393 e. The van der Waals surface area contributed by atoms with E-state index < -0.39 is 4.92 Å². The Balaban J connectivity index is 1.89. The van der Waals surface area contributed by atoms with Crippen LogP contribution in [0.5, 0.6) is 0 Å². The maximum Gasteiger partial charge on any atom is 0.292 e. The van der Waals surface area contributed by atoms with Gasteiger partial charge in [0.05, 0.1) is 11.0 Å². The van der Waals surface area contributed by atoms with E-state index in [1.54, 1.807) is 12.1 Å². The van der Waals surface area contributed by atoms with Crippen LogP contribution >= 0.6 is 0 Å². The molecule has 0 saturated heterocycles. The molecule has 1 aromatic carbocycles. The van der Waals surface area contributed by atoms with E-state index in [0.29, 0.717) is 5.92 Å². The number of nitrogens with two attached hydrogens (primary N) is 1. The van der Waals surface area contributed by atoms with Crippen LogP contribution in [0.1, 0.15) is 25.7 Å². The highest BCUT2D eigenvalue weighted by molar-refractivity contribution is 5.65. The van der Waals surface area contributed by atoms with Gasteiger partial charge in [-0.1, -0.05) is 0 Å². The lowest BCUT2D eigenvalue weighted by atomic mass is 9.87. The number of nitrogens with zero attached hydrogens (tertiary/aromatic N) is 1.